The summed E-state index contributed by atoms with van der Waals surface area (Å²) in [4.78, 5) is 12.0. The summed E-state index contributed by atoms with van der Waals surface area (Å²) in [5.41, 5.74) is 5.49. The fourth-order valence-corrected chi connectivity index (χ4v) is 2.76. The van der Waals surface area contributed by atoms with Gasteiger partial charge >= 0.3 is 6.18 Å². The second-order valence-electron chi connectivity index (χ2n) is 5.69. The van der Waals surface area contributed by atoms with E-state index in [0.717, 1.165) is 12.8 Å². The van der Waals surface area contributed by atoms with Gasteiger partial charge in [-0.05, 0) is 44.6 Å². The van der Waals surface area contributed by atoms with Gasteiger partial charge in [-0.3, -0.25) is 4.79 Å². The predicted molar refractivity (Wildman–Crippen MR) is 72.0 cm³/mol. The van der Waals surface area contributed by atoms with Crippen LogP contribution in [-0.2, 0) is 4.79 Å². The van der Waals surface area contributed by atoms with Gasteiger partial charge in [0.15, 0.2) is 0 Å². The molecule has 1 rings (SSSR count). The molecule has 118 valence electrons. The maximum absolute atomic E-state index is 12.5. The van der Waals surface area contributed by atoms with Crippen molar-refractivity contribution in [3.05, 3.63) is 0 Å². The molecule has 1 atom stereocenters. The zero-order chi connectivity index (χ0) is 15.2. The van der Waals surface area contributed by atoms with Gasteiger partial charge < -0.3 is 11.1 Å². The van der Waals surface area contributed by atoms with Crippen LogP contribution in [0.2, 0.25) is 0 Å². The van der Waals surface area contributed by atoms with E-state index in [1.165, 1.54) is 0 Å². The van der Waals surface area contributed by atoms with Gasteiger partial charge in [0, 0.05) is 12.5 Å². The molecule has 1 aliphatic rings. The largest absolute Gasteiger partial charge is 0.391 e. The fraction of sp³-hybridized carbons (Fsp3) is 0.929. The van der Waals surface area contributed by atoms with Crippen LogP contribution in [0.4, 0.5) is 13.2 Å². The summed E-state index contributed by atoms with van der Waals surface area (Å²) in [5.74, 6) is -1.23. The standard InChI is InChI=1S/C14H25F3N2O/c1-2-10(7-8-18)9-19-13(20)11-3-5-12(6-4-11)14(15,16)17/h10-12H,2-9,18H2,1H3,(H,19,20). The lowest BCUT2D eigenvalue weighted by atomic mass is 9.81. The highest BCUT2D eigenvalue weighted by Crippen LogP contribution is 2.39. The first-order valence-electron chi connectivity index (χ1n) is 7.43. The molecule has 1 aliphatic carbocycles. The molecule has 20 heavy (non-hydrogen) atoms. The molecule has 1 amide bonds. The number of nitrogens with two attached hydrogens (primary N) is 1. The first-order valence-corrected chi connectivity index (χ1v) is 7.43. The Morgan fingerprint density at radius 2 is 1.90 bits per heavy atom. The molecule has 6 heteroatoms. The van der Waals surface area contributed by atoms with Crippen molar-refractivity contribution in [2.75, 3.05) is 13.1 Å². The maximum Gasteiger partial charge on any atom is 0.391 e. The van der Waals surface area contributed by atoms with Gasteiger partial charge in [-0.15, -0.1) is 0 Å². The third-order valence-corrected chi connectivity index (χ3v) is 4.28. The minimum atomic E-state index is -4.12. The number of hydrogen-bond acceptors (Lipinski definition) is 2. The van der Waals surface area contributed by atoms with Crippen LogP contribution in [0.15, 0.2) is 0 Å². The zero-order valence-electron chi connectivity index (χ0n) is 12.0. The Kier molecular flexibility index (Phi) is 6.79. The summed E-state index contributed by atoms with van der Waals surface area (Å²) in [6.45, 7) is 3.21. The second kappa shape index (κ2) is 7.86. The van der Waals surface area contributed by atoms with Crippen LogP contribution in [0, 0.1) is 17.8 Å². The smallest absolute Gasteiger partial charge is 0.356 e. The molecule has 1 fully saturated rings. The summed E-state index contributed by atoms with van der Waals surface area (Å²) < 4.78 is 37.6. The summed E-state index contributed by atoms with van der Waals surface area (Å²) in [7, 11) is 0. The van der Waals surface area contributed by atoms with Crippen molar-refractivity contribution in [2.45, 2.75) is 51.6 Å². The summed E-state index contributed by atoms with van der Waals surface area (Å²) in [6, 6.07) is 0. The molecule has 0 bridgehead atoms. The molecule has 3 nitrogen and oxygen atoms in total. The van der Waals surface area contributed by atoms with Crippen LogP contribution in [0.5, 0.6) is 0 Å². The molecule has 3 N–H and O–H groups in total. The summed E-state index contributed by atoms with van der Waals surface area (Å²) >= 11 is 0. The lowest BCUT2D eigenvalue weighted by molar-refractivity contribution is -0.184. The van der Waals surface area contributed by atoms with Crippen molar-refractivity contribution < 1.29 is 18.0 Å². The zero-order valence-corrected chi connectivity index (χ0v) is 12.0. The minimum Gasteiger partial charge on any atom is -0.356 e. The average molecular weight is 294 g/mol. The van der Waals surface area contributed by atoms with E-state index < -0.39 is 12.1 Å². The normalized spacial score (nSPS) is 25.2. The van der Waals surface area contributed by atoms with E-state index in [1.807, 2.05) is 6.92 Å². The molecule has 0 aromatic heterocycles. The van der Waals surface area contributed by atoms with E-state index >= 15 is 0 Å². The van der Waals surface area contributed by atoms with Crippen molar-refractivity contribution >= 4 is 5.91 Å². The Bertz CT molecular complexity index is 299. The maximum atomic E-state index is 12.5. The van der Waals surface area contributed by atoms with Gasteiger partial charge in [0.25, 0.3) is 0 Å². The Morgan fingerprint density at radius 1 is 1.30 bits per heavy atom. The lowest BCUT2D eigenvalue weighted by Crippen LogP contribution is -2.38. The molecule has 0 aromatic rings. The number of carbonyl (C=O) groups excluding carboxylic acids is 1. The van der Waals surface area contributed by atoms with Crippen LogP contribution in [0.3, 0.4) is 0 Å². The molecule has 1 saturated carbocycles. The van der Waals surface area contributed by atoms with Crippen molar-refractivity contribution in [3.63, 3.8) is 0 Å². The minimum absolute atomic E-state index is 0.0710. The summed E-state index contributed by atoms with van der Waals surface area (Å²) in [6.07, 6.45) is -1.50. The van der Waals surface area contributed by atoms with E-state index in [0.29, 0.717) is 31.8 Å². The van der Waals surface area contributed by atoms with Crippen molar-refractivity contribution in [2.24, 2.45) is 23.5 Å². The number of halogens is 3. The van der Waals surface area contributed by atoms with Crippen molar-refractivity contribution in [1.82, 2.24) is 5.32 Å². The van der Waals surface area contributed by atoms with E-state index in [4.69, 9.17) is 5.73 Å². The van der Waals surface area contributed by atoms with E-state index in [2.05, 4.69) is 5.32 Å². The number of nitrogens with one attached hydrogen (secondary N) is 1. The first-order chi connectivity index (χ1) is 9.38. The van der Waals surface area contributed by atoms with E-state index in [1.54, 1.807) is 0 Å². The van der Waals surface area contributed by atoms with Gasteiger partial charge in [0.05, 0.1) is 5.92 Å². The molecular formula is C14H25F3N2O. The van der Waals surface area contributed by atoms with E-state index in [-0.39, 0.29) is 24.7 Å². The second-order valence-corrected chi connectivity index (χ2v) is 5.69. The number of carbonyl (C=O) groups is 1. The molecule has 0 heterocycles. The number of amides is 1. The van der Waals surface area contributed by atoms with Gasteiger partial charge in [-0.25, -0.2) is 0 Å². The highest BCUT2D eigenvalue weighted by Gasteiger charge is 2.42. The monoisotopic (exact) mass is 294 g/mol. The topological polar surface area (TPSA) is 55.1 Å². The fourth-order valence-electron chi connectivity index (χ4n) is 2.76. The quantitative estimate of drug-likeness (QED) is 0.791. The van der Waals surface area contributed by atoms with Gasteiger partial charge in [0.2, 0.25) is 5.91 Å². The third kappa shape index (κ3) is 5.31. The molecule has 0 aliphatic heterocycles. The van der Waals surface area contributed by atoms with Crippen LogP contribution >= 0.6 is 0 Å². The number of hydrogen-bond donors (Lipinski definition) is 2. The van der Waals surface area contributed by atoms with Gasteiger partial charge in [-0.1, -0.05) is 13.3 Å². The highest BCUT2D eigenvalue weighted by molar-refractivity contribution is 5.78. The molecule has 0 aromatic carbocycles. The van der Waals surface area contributed by atoms with Crippen molar-refractivity contribution in [3.8, 4) is 0 Å². The highest BCUT2D eigenvalue weighted by atomic mass is 19.4. The Hall–Kier alpha value is -0.780. The van der Waals surface area contributed by atoms with Crippen LogP contribution in [-0.4, -0.2) is 25.2 Å². The average Bonchev–Trinajstić information content (AvgIpc) is 2.42. The van der Waals surface area contributed by atoms with E-state index in [9.17, 15) is 18.0 Å². The van der Waals surface area contributed by atoms with Crippen LogP contribution < -0.4 is 11.1 Å². The predicted octanol–water partition coefficient (Wildman–Crippen LogP) is 2.85. The Balaban J connectivity index is 2.32. The molecule has 1 unspecified atom stereocenters. The molecule has 0 radical (unpaired) electrons. The van der Waals surface area contributed by atoms with Gasteiger partial charge in [-0.2, -0.15) is 13.2 Å². The first kappa shape index (κ1) is 17.3. The Labute approximate surface area is 118 Å². The summed E-state index contributed by atoms with van der Waals surface area (Å²) in [5, 5.41) is 2.87. The third-order valence-electron chi connectivity index (χ3n) is 4.28. The lowest BCUT2D eigenvalue weighted by Gasteiger charge is -2.29. The molecular weight excluding hydrogens is 269 g/mol. The SMILES string of the molecule is CCC(CCN)CNC(=O)C1CCC(C(F)(F)F)CC1. The molecule has 0 spiro atoms. The van der Waals surface area contributed by atoms with Crippen LogP contribution in [0.1, 0.15) is 45.4 Å². The number of alkyl halides is 3. The van der Waals surface area contributed by atoms with Crippen LogP contribution in [0.25, 0.3) is 0 Å². The number of rotatable bonds is 6. The van der Waals surface area contributed by atoms with Gasteiger partial charge in [0.1, 0.15) is 0 Å². The molecule has 0 saturated heterocycles. The Morgan fingerprint density at radius 3 is 2.35 bits per heavy atom. The van der Waals surface area contributed by atoms with Crippen molar-refractivity contribution in [1.29, 1.82) is 0 Å².